The van der Waals surface area contributed by atoms with Gasteiger partial charge in [0.15, 0.2) is 0 Å². The van der Waals surface area contributed by atoms with E-state index in [1.165, 1.54) is 77.7 Å². The Morgan fingerprint density at radius 3 is 1.65 bits per heavy atom. The van der Waals surface area contributed by atoms with Crippen molar-refractivity contribution in [3.05, 3.63) is 0 Å². The molecule has 0 radical (unpaired) electrons. The zero-order valence-corrected chi connectivity index (χ0v) is 15.4. The Morgan fingerprint density at radius 2 is 1.26 bits per heavy atom. The summed E-state index contributed by atoms with van der Waals surface area (Å²) >= 11 is 0. The molecule has 0 aromatic carbocycles. The largest absolute Gasteiger partial charge is 0.468 e. The molecule has 0 amide bonds. The van der Waals surface area contributed by atoms with Crippen LogP contribution in [0.5, 0.6) is 0 Å². The molecule has 0 aromatic heterocycles. The van der Waals surface area contributed by atoms with E-state index in [0.29, 0.717) is 6.42 Å². The zero-order valence-electron chi connectivity index (χ0n) is 15.4. The van der Waals surface area contributed by atoms with Gasteiger partial charge in [-0.05, 0) is 6.42 Å². The predicted molar refractivity (Wildman–Crippen MR) is 96.3 cm³/mol. The molecule has 0 aliphatic rings. The molecule has 138 valence electrons. The molecular weight excluding hydrogens is 290 g/mol. The molecule has 0 spiro atoms. The Balaban J connectivity index is 3.26. The predicted octanol–water partition coefficient (Wildman–Crippen LogP) is 4.33. The molecule has 2 unspecified atom stereocenters. The van der Waals surface area contributed by atoms with Crippen LogP contribution in [0.2, 0.25) is 0 Å². The van der Waals surface area contributed by atoms with Gasteiger partial charge in [0.1, 0.15) is 6.04 Å². The summed E-state index contributed by atoms with van der Waals surface area (Å²) in [5, 5.41) is 9.77. The van der Waals surface area contributed by atoms with Crippen molar-refractivity contribution in [2.45, 2.75) is 109 Å². The van der Waals surface area contributed by atoms with Gasteiger partial charge in [-0.25, -0.2) is 0 Å². The lowest BCUT2D eigenvalue weighted by Crippen LogP contribution is -2.42. The molecule has 4 nitrogen and oxygen atoms in total. The van der Waals surface area contributed by atoms with Crippen LogP contribution in [-0.2, 0) is 9.53 Å². The summed E-state index contributed by atoms with van der Waals surface area (Å²) in [5.41, 5.74) is 5.59. The third kappa shape index (κ3) is 13.5. The number of unbranched alkanes of at least 4 members (excludes halogenated alkanes) is 12. The van der Waals surface area contributed by atoms with Crippen LogP contribution in [0.1, 0.15) is 96.8 Å². The maximum Gasteiger partial charge on any atom is 0.325 e. The third-order valence-corrected chi connectivity index (χ3v) is 4.49. The van der Waals surface area contributed by atoms with Crippen LogP contribution >= 0.6 is 0 Å². The van der Waals surface area contributed by atoms with E-state index in [-0.39, 0.29) is 0 Å². The molecule has 0 rings (SSSR count). The van der Waals surface area contributed by atoms with Crippen LogP contribution in [-0.4, -0.2) is 30.3 Å². The third-order valence-electron chi connectivity index (χ3n) is 4.49. The molecular formula is C19H39NO3. The van der Waals surface area contributed by atoms with Crippen LogP contribution < -0.4 is 5.73 Å². The minimum absolute atomic E-state index is 0.535. The Labute approximate surface area is 143 Å². The van der Waals surface area contributed by atoms with Crippen molar-refractivity contribution in [3.63, 3.8) is 0 Å². The van der Waals surface area contributed by atoms with Crippen molar-refractivity contribution in [1.29, 1.82) is 0 Å². The van der Waals surface area contributed by atoms with Gasteiger partial charge >= 0.3 is 5.97 Å². The van der Waals surface area contributed by atoms with E-state index in [1.54, 1.807) is 0 Å². The van der Waals surface area contributed by atoms with Gasteiger partial charge in [0, 0.05) is 0 Å². The van der Waals surface area contributed by atoms with Crippen LogP contribution in [0.15, 0.2) is 0 Å². The first kappa shape index (κ1) is 22.4. The standard InChI is InChI=1S/C19H39NO3/c1-3-4-5-6-7-8-9-10-11-12-13-14-15-16-17(21)18(20)19(22)23-2/h17-18,21H,3-16,20H2,1-2H3. The van der Waals surface area contributed by atoms with Crippen LogP contribution in [0.4, 0.5) is 0 Å². The Bertz CT molecular complexity index is 271. The number of carbonyl (C=O) groups is 1. The summed E-state index contributed by atoms with van der Waals surface area (Å²) in [4.78, 5) is 11.2. The SMILES string of the molecule is CCCCCCCCCCCCCCCC(O)C(N)C(=O)OC. The summed E-state index contributed by atoms with van der Waals surface area (Å²) < 4.78 is 4.53. The smallest absolute Gasteiger partial charge is 0.325 e. The van der Waals surface area contributed by atoms with Gasteiger partial charge in [0.05, 0.1) is 13.2 Å². The highest BCUT2D eigenvalue weighted by Crippen LogP contribution is 2.13. The monoisotopic (exact) mass is 329 g/mol. The lowest BCUT2D eigenvalue weighted by molar-refractivity contribution is -0.145. The minimum atomic E-state index is -0.905. The van der Waals surface area contributed by atoms with Gasteiger partial charge < -0.3 is 15.6 Å². The van der Waals surface area contributed by atoms with E-state index in [2.05, 4.69) is 11.7 Å². The first-order valence-corrected chi connectivity index (χ1v) is 9.65. The highest BCUT2D eigenvalue weighted by Gasteiger charge is 2.22. The fraction of sp³-hybridized carbons (Fsp3) is 0.947. The molecule has 0 saturated carbocycles. The quantitative estimate of drug-likeness (QED) is 0.326. The number of hydrogen-bond acceptors (Lipinski definition) is 4. The normalized spacial score (nSPS) is 13.7. The van der Waals surface area contributed by atoms with Gasteiger partial charge in [-0.2, -0.15) is 0 Å². The number of esters is 1. The number of nitrogens with two attached hydrogens (primary N) is 1. The van der Waals surface area contributed by atoms with Crippen molar-refractivity contribution in [3.8, 4) is 0 Å². The molecule has 0 fully saturated rings. The summed E-state index contributed by atoms with van der Waals surface area (Å²) in [6, 6.07) is -0.905. The van der Waals surface area contributed by atoms with Crippen LogP contribution in [0.3, 0.4) is 0 Å². The van der Waals surface area contributed by atoms with Gasteiger partial charge in [-0.1, -0.05) is 90.4 Å². The molecule has 4 heteroatoms. The number of methoxy groups -OCH3 is 1. The molecule has 0 saturated heterocycles. The lowest BCUT2D eigenvalue weighted by atomic mass is 10.0. The van der Waals surface area contributed by atoms with Crippen LogP contribution in [0.25, 0.3) is 0 Å². The van der Waals surface area contributed by atoms with E-state index in [1.807, 2.05) is 0 Å². The van der Waals surface area contributed by atoms with Crippen molar-refractivity contribution < 1.29 is 14.6 Å². The van der Waals surface area contributed by atoms with E-state index in [0.717, 1.165) is 12.8 Å². The van der Waals surface area contributed by atoms with Gasteiger partial charge in [0.25, 0.3) is 0 Å². The average Bonchev–Trinajstić information content (AvgIpc) is 2.57. The van der Waals surface area contributed by atoms with Crippen molar-refractivity contribution in [2.75, 3.05) is 7.11 Å². The first-order valence-electron chi connectivity index (χ1n) is 9.65. The van der Waals surface area contributed by atoms with Gasteiger partial charge in [-0.15, -0.1) is 0 Å². The maximum atomic E-state index is 11.2. The highest BCUT2D eigenvalue weighted by atomic mass is 16.5. The maximum absolute atomic E-state index is 11.2. The zero-order chi connectivity index (χ0) is 17.3. The second-order valence-corrected chi connectivity index (χ2v) is 6.65. The second-order valence-electron chi connectivity index (χ2n) is 6.65. The molecule has 0 aliphatic heterocycles. The average molecular weight is 330 g/mol. The van der Waals surface area contributed by atoms with E-state index >= 15 is 0 Å². The van der Waals surface area contributed by atoms with E-state index in [9.17, 15) is 9.90 Å². The highest BCUT2D eigenvalue weighted by molar-refractivity contribution is 5.75. The number of aliphatic hydroxyl groups is 1. The number of ether oxygens (including phenoxy) is 1. The van der Waals surface area contributed by atoms with Crippen molar-refractivity contribution in [2.24, 2.45) is 5.73 Å². The molecule has 2 atom stereocenters. The molecule has 0 bridgehead atoms. The van der Waals surface area contributed by atoms with Gasteiger partial charge in [0.2, 0.25) is 0 Å². The van der Waals surface area contributed by atoms with Crippen LogP contribution in [0, 0.1) is 0 Å². The first-order chi connectivity index (χ1) is 11.1. The molecule has 23 heavy (non-hydrogen) atoms. The number of aliphatic hydroxyl groups excluding tert-OH is 1. The topological polar surface area (TPSA) is 72.5 Å². The number of hydrogen-bond donors (Lipinski definition) is 2. The van der Waals surface area contributed by atoms with Crippen molar-refractivity contribution >= 4 is 5.97 Å². The Hall–Kier alpha value is -0.610. The number of carbonyl (C=O) groups excluding carboxylic acids is 1. The lowest BCUT2D eigenvalue weighted by Gasteiger charge is -2.16. The van der Waals surface area contributed by atoms with Gasteiger partial charge in [-0.3, -0.25) is 4.79 Å². The molecule has 0 heterocycles. The molecule has 3 N–H and O–H groups in total. The summed E-state index contributed by atoms with van der Waals surface area (Å²) in [5.74, 6) is -0.535. The minimum Gasteiger partial charge on any atom is -0.468 e. The second kappa shape index (κ2) is 16.3. The van der Waals surface area contributed by atoms with E-state index < -0.39 is 18.1 Å². The fourth-order valence-corrected chi connectivity index (χ4v) is 2.84. The fourth-order valence-electron chi connectivity index (χ4n) is 2.84. The summed E-state index contributed by atoms with van der Waals surface area (Å²) in [6.45, 7) is 2.26. The Morgan fingerprint density at radius 1 is 0.870 bits per heavy atom. The van der Waals surface area contributed by atoms with Crippen molar-refractivity contribution in [1.82, 2.24) is 0 Å². The Kier molecular flexibility index (Phi) is 15.8. The molecule has 0 aromatic rings. The summed E-state index contributed by atoms with van der Waals surface area (Å²) in [7, 11) is 1.29. The molecule has 0 aliphatic carbocycles. The number of rotatable bonds is 16. The van der Waals surface area contributed by atoms with E-state index in [4.69, 9.17) is 5.73 Å². The summed E-state index contributed by atoms with van der Waals surface area (Å²) in [6.07, 6.45) is 16.7.